The number of carbonyl (C=O) groups excluding carboxylic acids is 3. The summed E-state index contributed by atoms with van der Waals surface area (Å²) in [5.74, 6) is -1.04. The smallest absolute Gasteiger partial charge is 0.337 e. The van der Waals surface area contributed by atoms with Gasteiger partial charge < -0.3 is 9.47 Å². The van der Waals surface area contributed by atoms with E-state index in [2.05, 4.69) is 15.6 Å². The first kappa shape index (κ1) is 19.0. The first-order valence-corrected chi connectivity index (χ1v) is 7.87. The molecule has 26 heavy (non-hydrogen) atoms. The van der Waals surface area contributed by atoms with Crippen molar-refractivity contribution in [3.63, 3.8) is 0 Å². The minimum Gasteiger partial charge on any atom is -0.484 e. The second kappa shape index (κ2) is 8.66. The second-order valence-corrected chi connectivity index (χ2v) is 5.69. The van der Waals surface area contributed by atoms with Crippen molar-refractivity contribution < 1.29 is 23.9 Å². The monoisotopic (exact) mass is 356 g/mol. The Morgan fingerprint density at radius 2 is 1.58 bits per heavy atom. The zero-order valence-corrected chi connectivity index (χ0v) is 14.8. The van der Waals surface area contributed by atoms with Crippen molar-refractivity contribution >= 4 is 17.8 Å². The highest BCUT2D eigenvalue weighted by atomic mass is 16.5. The molecule has 0 aliphatic rings. The zero-order valence-electron chi connectivity index (χ0n) is 14.8. The molecule has 0 aliphatic heterocycles. The molecule has 2 aromatic rings. The van der Waals surface area contributed by atoms with Crippen molar-refractivity contribution in [3.8, 4) is 5.75 Å². The Labute approximate surface area is 151 Å². The Bertz CT molecular complexity index is 812. The molecule has 136 valence electrons. The van der Waals surface area contributed by atoms with Crippen molar-refractivity contribution in [2.45, 2.75) is 13.8 Å². The third-order valence-corrected chi connectivity index (χ3v) is 3.43. The summed E-state index contributed by atoms with van der Waals surface area (Å²) in [7, 11) is 1.25. The number of hydrazine groups is 1. The number of esters is 1. The van der Waals surface area contributed by atoms with E-state index >= 15 is 0 Å². The normalized spacial score (nSPS) is 9.96. The third-order valence-electron chi connectivity index (χ3n) is 3.43. The zero-order chi connectivity index (χ0) is 19.1. The number of aryl methyl sites for hydroxylation is 2. The van der Waals surface area contributed by atoms with Crippen LogP contribution in [0.4, 0.5) is 0 Å². The number of rotatable bonds is 5. The number of methoxy groups -OCH3 is 1. The summed E-state index contributed by atoms with van der Waals surface area (Å²) in [5, 5.41) is 0. The molecule has 0 saturated carbocycles. The summed E-state index contributed by atoms with van der Waals surface area (Å²) >= 11 is 0. The largest absolute Gasteiger partial charge is 0.484 e. The number of ether oxygens (including phenoxy) is 2. The summed E-state index contributed by atoms with van der Waals surface area (Å²) in [6.07, 6.45) is 0. The maximum absolute atomic E-state index is 12.1. The van der Waals surface area contributed by atoms with Gasteiger partial charge in [0.1, 0.15) is 5.75 Å². The lowest BCUT2D eigenvalue weighted by atomic mass is 10.1. The van der Waals surface area contributed by atoms with E-state index in [4.69, 9.17) is 4.74 Å². The van der Waals surface area contributed by atoms with Gasteiger partial charge in [-0.05, 0) is 55.3 Å². The fourth-order valence-electron chi connectivity index (χ4n) is 2.31. The molecule has 0 saturated heterocycles. The fourth-order valence-corrected chi connectivity index (χ4v) is 2.31. The molecule has 0 unspecified atom stereocenters. The molecule has 2 rings (SSSR count). The van der Waals surface area contributed by atoms with Crippen molar-refractivity contribution in [2.24, 2.45) is 0 Å². The van der Waals surface area contributed by atoms with Crippen LogP contribution in [0.5, 0.6) is 5.75 Å². The summed E-state index contributed by atoms with van der Waals surface area (Å²) in [5.41, 5.74) is 7.04. The van der Waals surface area contributed by atoms with Crippen molar-refractivity contribution in [1.29, 1.82) is 0 Å². The number of hydrogen-bond acceptors (Lipinski definition) is 5. The summed E-state index contributed by atoms with van der Waals surface area (Å²) < 4.78 is 10.0. The molecule has 0 fully saturated rings. The van der Waals surface area contributed by atoms with E-state index in [0.29, 0.717) is 5.75 Å². The molecule has 0 heterocycles. The molecule has 2 aromatic carbocycles. The quantitative estimate of drug-likeness (QED) is 0.631. The molecular formula is C19H20N2O5. The predicted octanol–water partition coefficient (Wildman–Crippen LogP) is 1.93. The van der Waals surface area contributed by atoms with Crippen LogP contribution in [0, 0.1) is 13.8 Å². The molecule has 0 radical (unpaired) electrons. The lowest BCUT2D eigenvalue weighted by molar-refractivity contribution is -0.123. The first-order chi connectivity index (χ1) is 12.4. The van der Waals surface area contributed by atoms with E-state index in [1.807, 2.05) is 32.0 Å². The molecule has 2 N–H and O–H groups in total. The van der Waals surface area contributed by atoms with Crippen LogP contribution in [0.1, 0.15) is 31.8 Å². The predicted molar refractivity (Wildman–Crippen MR) is 94.8 cm³/mol. The van der Waals surface area contributed by atoms with Gasteiger partial charge in [-0.1, -0.05) is 12.1 Å². The minimum atomic E-state index is -0.560. The van der Waals surface area contributed by atoms with Crippen LogP contribution in [0.2, 0.25) is 0 Å². The SMILES string of the molecule is COC(=O)c1cccc(C(=O)NNC(=O)COc2cc(C)cc(C)c2)c1. The van der Waals surface area contributed by atoms with Crippen LogP contribution in [-0.4, -0.2) is 31.5 Å². The van der Waals surface area contributed by atoms with Gasteiger partial charge >= 0.3 is 5.97 Å². The van der Waals surface area contributed by atoms with Crippen LogP contribution < -0.4 is 15.6 Å². The van der Waals surface area contributed by atoms with Crippen LogP contribution in [0.3, 0.4) is 0 Å². The maximum Gasteiger partial charge on any atom is 0.337 e. The average Bonchev–Trinajstić information content (AvgIpc) is 2.63. The number of carbonyl (C=O) groups is 3. The summed E-state index contributed by atoms with van der Waals surface area (Å²) in [6, 6.07) is 11.6. The molecule has 0 aliphatic carbocycles. The molecule has 0 atom stereocenters. The van der Waals surface area contributed by atoms with Crippen molar-refractivity contribution in [3.05, 3.63) is 64.7 Å². The number of nitrogens with one attached hydrogen (secondary N) is 2. The number of amides is 2. The minimum absolute atomic E-state index is 0.212. The lowest BCUT2D eigenvalue weighted by Crippen LogP contribution is -2.43. The lowest BCUT2D eigenvalue weighted by Gasteiger charge is -2.10. The Kier molecular flexibility index (Phi) is 6.32. The Hall–Kier alpha value is -3.35. The van der Waals surface area contributed by atoms with Crippen LogP contribution in [0.25, 0.3) is 0 Å². The van der Waals surface area contributed by atoms with Gasteiger partial charge in [-0.25, -0.2) is 4.79 Å². The topological polar surface area (TPSA) is 93.7 Å². The Balaban J connectivity index is 1.87. The van der Waals surface area contributed by atoms with E-state index in [1.54, 1.807) is 6.07 Å². The van der Waals surface area contributed by atoms with E-state index in [1.165, 1.54) is 25.3 Å². The van der Waals surface area contributed by atoms with Crippen LogP contribution in [-0.2, 0) is 9.53 Å². The maximum atomic E-state index is 12.1. The number of hydrogen-bond donors (Lipinski definition) is 2. The molecular weight excluding hydrogens is 336 g/mol. The van der Waals surface area contributed by atoms with E-state index in [-0.39, 0.29) is 17.7 Å². The van der Waals surface area contributed by atoms with E-state index < -0.39 is 17.8 Å². The first-order valence-electron chi connectivity index (χ1n) is 7.87. The summed E-state index contributed by atoms with van der Waals surface area (Å²) in [4.78, 5) is 35.4. The van der Waals surface area contributed by atoms with Gasteiger partial charge in [0.15, 0.2) is 6.61 Å². The van der Waals surface area contributed by atoms with E-state index in [9.17, 15) is 14.4 Å². The van der Waals surface area contributed by atoms with Crippen molar-refractivity contribution in [2.75, 3.05) is 13.7 Å². The van der Waals surface area contributed by atoms with Gasteiger partial charge in [0.05, 0.1) is 12.7 Å². The highest BCUT2D eigenvalue weighted by Gasteiger charge is 2.11. The molecule has 0 bridgehead atoms. The van der Waals surface area contributed by atoms with Crippen LogP contribution in [0.15, 0.2) is 42.5 Å². The van der Waals surface area contributed by atoms with Gasteiger partial charge in [0.25, 0.3) is 11.8 Å². The fraction of sp³-hybridized carbons (Fsp3) is 0.211. The highest BCUT2D eigenvalue weighted by Crippen LogP contribution is 2.15. The third kappa shape index (κ3) is 5.34. The van der Waals surface area contributed by atoms with Gasteiger partial charge in [-0.3, -0.25) is 20.4 Å². The molecule has 2 amide bonds. The Morgan fingerprint density at radius 3 is 2.23 bits per heavy atom. The molecule has 0 aromatic heterocycles. The Morgan fingerprint density at radius 1 is 0.923 bits per heavy atom. The van der Waals surface area contributed by atoms with Crippen LogP contribution >= 0.6 is 0 Å². The molecule has 7 heteroatoms. The number of benzene rings is 2. The average molecular weight is 356 g/mol. The van der Waals surface area contributed by atoms with Gasteiger partial charge in [0, 0.05) is 5.56 Å². The van der Waals surface area contributed by atoms with Gasteiger partial charge in [0.2, 0.25) is 0 Å². The van der Waals surface area contributed by atoms with Gasteiger partial charge in [-0.15, -0.1) is 0 Å². The van der Waals surface area contributed by atoms with Crippen molar-refractivity contribution in [1.82, 2.24) is 10.9 Å². The molecule has 0 spiro atoms. The summed E-state index contributed by atoms with van der Waals surface area (Å²) in [6.45, 7) is 3.62. The second-order valence-electron chi connectivity index (χ2n) is 5.69. The van der Waals surface area contributed by atoms with E-state index in [0.717, 1.165) is 11.1 Å². The standard InChI is InChI=1S/C19H20N2O5/c1-12-7-13(2)9-16(8-12)26-11-17(22)20-21-18(23)14-5-4-6-15(10-14)19(24)25-3/h4-10H,11H2,1-3H3,(H,20,22)(H,21,23). The molecule has 7 nitrogen and oxygen atoms in total. The van der Waals surface area contributed by atoms with Gasteiger partial charge in [-0.2, -0.15) is 0 Å². The highest BCUT2D eigenvalue weighted by molar-refractivity contribution is 5.98.